The van der Waals surface area contributed by atoms with E-state index in [0.717, 1.165) is 55.5 Å². The number of rotatable bonds is 13. The summed E-state index contributed by atoms with van der Waals surface area (Å²) in [6.45, 7) is 34.2. The number of Topliss-reactive ketones (excluding diaryl/α,β-unsaturated/α-hetero) is 1. The lowest BCUT2D eigenvalue weighted by Gasteiger charge is -2.40. The molecule has 300 valence electrons. The van der Waals surface area contributed by atoms with E-state index in [0.29, 0.717) is 0 Å². The molecule has 0 aromatic rings. The van der Waals surface area contributed by atoms with Crippen LogP contribution in [0.3, 0.4) is 0 Å². The Morgan fingerprint density at radius 1 is 0.788 bits per heavy atom. The maximum Gasteiger partial charge on any atom is 0.317 e. The van der Waals surface area contributed by atoms with Gasteiger partial charge in [0, 0.05) is 11.8 Å². The summed E-state index contributed by atoms with van der Waals surface area (Å²) in [5, 5.41) is 0. The van der Waals surface area contributed by atoms with Crippen molar-refractivity contribution in [2.75, 3.05) is 0 Å². The Morgan fingerprint density at radius 3 is 1.75 bits per heavy atom. The van der Waals surface area contributed by atoms with E-state index < -0.39 is 48.4 Å². The number of hydrogen-bond donors (Lipinski definition) is 0. The predicted octanol–water partition coefficient (Wildman–Crippen LogP) is 12.4. The summed E-state index contributed by atoms with van der Waals surface area (Å²) in [4.78, 5) is 28.3. The van der Waals surface area contributed by atoms with Crippen molar-refractivity contribution >= 4 is 36.7 Å². The molecule has 1 rings (SSSR count). The van der Waals surface area contributed by atoms with E-state index in [-0.39, 0.29) is 36.4 Å². The number of ether oxygens (including phenoxy) is 1. The fraction of sp³-hybridized carbons (Fsp3) is 0.767. The van der Waals surface area contributed by atoms with Crippen molar-refractivity contribution in [3.05, 3.63) is 47.6 Å². The van der Waals surface area contributed by atoms with Gasteiger partial charge in [0.25, 0.3) is 0 Å². The Labute approximate surface area is 324 Å². The first-order valence-corrected chi connectivity index (χ1v) is 29.1. The fourth-order valence-electron chi connectivity index (χ4n) is 7.06. The van der Waals surface area contributed by atoms with Crippen LogP contribution in [0.5, 0.6) is 0 Å². The highest BCUT2D eigenvalue weighted by Gasteiger charge is 2.40. The number of esters is 1. The summed E-state index contributed by atoms with van der Waals surface area (Å²) in [5.74, 6) is -1.96. The zero-order chi connectivity index (χ0) is 39.9. The lowest BCUT2D eigenvalue weighted by molar-refractivity contribution is -0.163. The third kappa shape index (κ3) is 16.2. The van der Waals surface area contributed by atoms with Gasteiger partial charge in [-0.05, 0) is 116 Å². The highest BCUT2D eigenvalue weighted by atomic mass is 28.4. The number of hydrogen-bond acceptors (Lipinski definition) is 6. The number of ketones is 1. The maximum absolute atomic E-state index is 14.5. The van der Waals surface area contributed by atoms with Crippen molar-refractivity contribution in [2.45, 2.75) is 196 Å². The molecule has 2 unspecified atom stereocenters. The van der Waals surface area contributed by atoms with Crippen LogP contribution >= 0.6 is 0 Å². The summed E-state index contributed by atoms with van der Waals surface area (Å²) in [6, 6.07) is 6.28. The minimum atomic E-state index is -2.06. The van der Waals surface area contributed by atoms with Gasteiger partial charge in [-0.3, -0.25) is 9.59 Å². The second kappa shape index (κ2) is 22.3. The predicted molar refractivity (Wildman–Crippen MR) is 229 cm³/mol. The van der Waals surface area contributed by atoms with Gasteiger partial charge in [-0.25, -0.2) is 0 Å². The van der Waals surface area contributed by atoms with E-state index in [1.165, 1.54) is 11.1 Å². The molecule has 6 nitrogen and oxygen atoms in total. The van der Waals surface area contributed by atoms with Gasteiger partial charge in [0.05, 0.1) is 18.3 Å². The van der Waals surface area contributed by atoms with Crippen LogP contribution in [0.4, 0.5) is 0 Å². The van der Waals surface area contributed by atoms with Crippen LogP contribution in [0.1, 0.15) is 116 Å². The van der Waals surface area contributed by atoms with Crippen molar-refractivity contribution in [2.24, 2.45) is 17.8 Å². The van der Waals surface area contributed by atoms with Crippen molar-refractivity contribution in [1.82, 2.24) is 0 Å². The molecule has 0 N–H and O–H groups in total. The molecule has 0 aliphatic heterocycles. The van der Waals surface area contributed by atoms with E-state index in [1.807, 2.05) is 33.8 Å². The van der Waals surface area contributed by atoms with Crippen LogP contribution in [0.25, 0.3) is 0 Å². The quantitative estimate of drug-likeness (QED) is 0.0803. The topological polar surface area (TPSA) is 71.1 Å². The van der Waals surface area contributed by atoms with Crippen molar-refractivity contribution in [3.63, 3.8) is 0 Å². The molecule has 9 heteroatoms. The van der Waals surface area contributed by atoms with Gasteiger partial charge in [-0.15, -0.1) is 0 Å². The highest BCUT2D eigenvalue weighted by molar-refractivity contribution is 6.74. The third-order valence-corrected chi connectivity index (χ3v) is 21.5. The Hall–Kier alpha value is -1.37. The molecule has 0 aromatic heterocycles. The van der Waals surface area contributed by atoms with Crippen LogP contribution < -0.4 is 0 Å². The Bertz CT molecular complexity index is 1200. The first-order chi connectivity index (χ1) is 24.1. The molecule has 52 heavy (non-hydrogen) atoms. The molecular formula is C43H80O6Si3. The SMILES string of the molecule is CC[Si](CC)(CC)OC1/C=C/C(C)=C/C/C=C(\C)CCC(O[Si](C)(C)C)[C@H](C)C(=O)[C@H](C(=O)OC(C)(C)C)C/C=C/[C@@H](O[Si](CC)(CC)CC)[C@@H]1C. The first-order valence-electron chi connectivity index (χ1n) is 20.6. The van der Waals surface area contributed by atoms with Crippen LogP contribution in [0, 0.1) is 17.8 Å². The van der Waals surface area contributed by atoms with Gasteiger partial charge < -0.3 is 18.0 Å². The van der Waals surface area contributed by atoms with Crippen LogP contribution in [0.15, 0.2) is 47.6 Å². The highest BCUT2D eigenvalue weighted by Crippen LogP contribution is 2.33. The summed E-state index contributed by atoms with van der Waals surface area (Å²) >= 11 is 0. The molecule has 0 amide bonds. The monoisotopic (exact) mass is 777 g/mol. The standard InChI is InChI=1S/C43H80O6Si3/c1-17-51(18-2,19-3)48-38-28-24-27-37(42(45)46-43(11,12)13)41(44)36(10)40(47-50(14,15)16)32-30-34(8)26-23-25-33(7)29-31-39(35(38)9)49-52(20-4,21-5)22-6/h24-26,28-29,31,35-40H,17-23,27,30,32H2,1-16H3/b28-24+,31-29+,33-25+,34-26+/t35-,36-,37+,38+,39?,40?/m0/s1. The zero-order valence-corrected chi connectivity index (χ0v) is 39.4. The van der Waals surface area contributed by atoms with E-state index in [2.05, 4.69) is 112 Å². The van der Waals surface area contributed by atoms with E-state index in [1.54, 1.807) is 0 Å². The van der Waals surface area contributed by atoms with E-state index >= 15 is 0 Å². The number of carbonyl (C=O) groups is 2. The first kappa shape index (κ1) is 48.7. The van der Waals surface area contributed by atoms with Gasteiger partial charge in [0.15, 0.2) is 30.7 Å². The summed E-state index contributed by atoms with van der Waals surface area (Å²) in [7, 11) is -6.04. The van der Waals surface area contributed by atoms with Crippen molar-refractivity contribution in [1.29, 1.82) is 0 Å². The molecule has 0 saturated carbocycles. The third-order valence-electron chi connectivity index (χ3n) is 11.2. The van der Waals surface area contributed by atoms with Gasteiger partial charge in [-0.2, -0.15) is 0 Å². The molecule has 0 saturated heterocycles. The lowest BCUT2D eigenvalue weighted by atomic mass is 9.85. The minimum absolute atomic E-state index is 0.0155. The molecule has 0 bridgehead atoms. The molecule has 1 aliphatic carbocycles. The number of allylic oxidation sites excluding steroid dienone is 6. The maximum atomic E-state index is 14.5. The summed E-state index contributed by atoms with van der Waals surface area (Å²) < 4.78 is 27.2. The molecule has 0 heterocycles. The number of carbonyl (C=O) groups excluding carboxylic acids is 2. The van der Waals surface area contributed by atoms with Crippen LogP contribution in [0.2, 0.25) is 55.9 Å². The van der Waals surface area contributed by atoms with Crippen LogP contribution in [-0.2, 0) is 27.6 Å². The Morgan fingerprint density at radius 2 is 1.29 bits per heavy atom. The smallest absolute Gasteiger partial charge is 0.317 e. The van der Waals surface area contributed by atoms with Crippen molar-refractivity contribution < 1.29 is 27.6 Å². The molecule has 0 radical (unpaired) electrons. The molecule has 6 atom stereocenters. The van der Waals surface area contributed by atoms with Gasteiger partial charge in [0.1, 0.15) is 11.5 Å². The Kier molecular flexibility index (Phi) is 20.8. The summed E-state index contributed by atoms with van der Waals surface area (Å²) in [5.41, 5.74) is 1.78. The average Bonchev–Trinajstić information content (AvgIpc) is 3.08. The van der Waals surface area contributed by atoms with E-state index in [9.17, 15) is 9.59 Å². The largest absolute Gasteiger partial charge is 0.459 e. The van der Waals surface area contributed by atoms with Crippen molar-refractivity contribution in [3.8, 4) is 0 Å². The normalized spacial score (nSPS) is 28.7. The van der Waals surface area contributed by atoms with Gasteiger partial charge in [-0.1, -0.05) is 103 Å². The fourth-order valence-corrected chi connectivity index (χ4v) is 14.0. The summed E-state index contributed by atoms with van der Waals surface area (Å²) in [6.07, 6.45) is 15.2. The van der Waals surface area contributed by atoms with Gasteiger partial charge >= 0.3 is 5.97 Å². The van der Waals surface area contributed by atoms with Gasteiger partial charge in [0.2, 0.25) is 0 Å². The minimum Gasteiger partial charge on any atom is -0.459 e. The molecular weight excluding hydrogens is 697 g/mol. The van der Waals surface area contributed by atoms with E-state index in [4.69, 9.17) is 18.0 Å². The molecule has 0 spiro atoms. The second-order valence-electron chi connectivity index (χ2n) is 17.4. The van der Waals surface area contributed by atoms with Crippen LogP contribution in [-0.4, -0.2) is 60.6 Å². The molecule has 1 aliphatic rings. The zero-order valence-electron chi connectivity index (χ0n) is 36.4. The molecule has 0 aromatic carbocycles. The Balaban J connectivity index is 3.98. The second-order valence-corrected chi connectivity index (χ2v) is 31.3. The molecule has 0 fully saturated rings. The lowest BCUT2D eigenvalue weighted by Crippen LogP contribution is -2.47. The average molecular weight is 777 g/mol.